The second-order valence-electron chi connectivity index (χ2n) is 5.59. The molecule has 0 radical (unpaired) electrons. The van der Waals surface area contributed by atoms with E-state index in [0.717, 1.165) is 18.4 Å². The van der Waals surface area contributed by atoms with Gasteiger partial charge in [-0.25, -0.2) is 4.79 Å². The maximum absolute atomic E-state index is 11.9. The average Bonchev–Trinajstić information content (AvgIpc) is 3.28. The van der Waals surface area contributed by atoms with E-state index in [-0.39, 0.29) is 24.7 Å². The molecule has 1 atom stereocenters. The minimum atomic E-state index is -0.981. The van der Waals surface area contributed by atoms with Gasteiger partial charge in [-0.2, -0.15) is 0 Å². The standard InChI is InChI=1S/C16H17N3O4/c20-12(17-14(16(21)22)10-6-7-10)8-9-13-18-19-15(23-13)11-4-2-1-3-5-11/h1-5,10,14H,6-9H2,(H,17,20)(H,21,22). The van der Waals surface area contributed by atoms with Crippen LogP contribution in [0.4, 0.5) is 0 Å². The van der Waals surface area contributed by atoms with Crippen molar-refractivity contribution < 1.29 is 19.1 Å². The van der Waals surface area contributed by atoms with Gasteiger partial charge in [-0.15, -0.1) is 10.2 Å². The number of carboxylic acids is 1. The number of amides is 1. The number of carboxylic acid groups (broad SMARTS) is 1. The minimum Gasteiger partial charge on any atom is -0.480 e. The molecule has 120 valence electrons. The monoisotopic (exact) mass is 315 g/mol. The molecule has 0 bridgehead atoms. The summed E-state index contributed by atoms with van der Waals surface area (Å²) in [6, 6.07) is 8.57. The Morgan fingerprint density at radius 1 is 1.26 bits per heavy atom. The van der Waals surface area contributed by atoms with Gasteiger partial charge in [-0.05, 0) is 30.9 Å². The Hall–Kier alpha value is -2.70. The molecule has 2 N–H and O–H groups in total. The van der Waals surface area contributed by atoms with Crippen molar-refractivity contribution in [2.75, 3.05) is 0 Å². The number of rotatable bonds is 7. The van der Waals surface area contributed by atoms with E-state index in [1.807, 2.05) is 30.3 Å². The Bertz CT molecular complexity index is 694. The lowest BCUT2D eigenvalue weighted by Crippen LogP contribution is -2.42. The Balaban J connectivity index is 1.53. The van der Waals surface area contributed by atoms with Crippen LogP contribution in [-0.2, 0) is 16.0 Å². The molecule has 1 saturated carbocycles. The van der Waals surface area contributed by atoms with Gasteiger partial charge in [0.05, 0.1) is 0 Å². The molecule has 2 aromatic rings. The van der Waals surface area contributed by atoms with Crippen LogP contribution in [0.3, 0.4) is 0 Å². The Labute approximate surface area is 132 Å². The van der Waals surface area contributed by atoms with Crippen molar-refractivity contribution in [1.29, 1.82) is 0 Å². The number of nitrogens with one attached hydrogen (secondary N) is 1. The first-order valence-electron chi connectivity index (χ1n) is 7.53. The molecular weight excluding hydrogens is 298 g/mol. The SMILES string of the molecule is O=C(CCc1nnc(-c2ccccc2)o1)NC(C(=O)O)C1CC1. The lowest BCUT2D eigenvalue weighted by Gasteiger charge is -2.12. The first-order valence-corrected chi connectivity index (χ1v) is 7.53. The number of carbonyl (C=O) groups excluding carboxylic acids is 1. The third-order valence-electron chi connectivity index (χ3n) is 3.73. The van der Waals surface area contributed by atoms with Crippen LogP contribution < -0.4 is 5.32 Å². The van der Waals surface area contributed by atoms with Crippen LogP contribution in [0, 0.1) is 5.92 Å². The van der Waals surface area contributed by atoms with Crippen LogP contribution in [0.5, 0.6) is 0 Å². The molecule has 1 aliphatic rings. The summed E-state index contributed by atoms with van der Waals surface area (Å²) < 4.78 is 5.51. The zero-order valence-electron chi connectivity index (χ0n) is 12.4. The van der Waals surface area contributed by atoms with Crippen molar-refractivity contribution in [2.24, 2.45) is 5.92 Å². The second kappa shape index (κ2) is 6.60. The van der Waals surface area contributed by atoms with Crippen LogP contribution in [0.25, 0.3) is 11.5 Å². The molecule has 1 aliphatic carbocycles. The molecule has 1 amide bonds. The summed E-state index contributed by atoms with van der Waals surface area (Å²) in [5.74, 6) is -0.474. The summed E-state index contributed by atoms with van der Waals surface area (Å²) in [7, 11) is 0. The molecule has 1 heterocycles. The fourth-order valence-electron chi connectivity index (χ4n) is 2.33. The fraction of sp³-hybridized carbons (Fsp3) is 0.375. The largest absolute Gasteiger partial charge is 0.480 e. The van der Waals surface area contributed by atoms with E-state index >= 15 is 0 Å². The van der Waals surface area contributed by atoms with Gasteiger partial charge in [-0.3, -0.25) is 4.79 Å². The molecule has 1 aromatic heterocycles. The number of aryl methyl sites for hydroxylation is 1. The maximum Gasteiger partial charge on any atom is 0.326 e. The number of carbonyl (C=O) groups is 2. The van der Waals surface area contributed by atoms with Gasteiger partial charge < -0.3 is 14.8 Å². The average molecular weight is 315 g/mol. The highest BCUT2D eigenvalue weighted by atomic mass is 16.4. The summed E-state index contributed by atoms with van der Waals surface area (Å²) in [4.78, 5) is 23.0. The summed E-state index contributed by atoms with van der Waals surface area (Å²) in [5, 5.41) is 19.5. The van der Waals surface area contributed by atoms with Gasteiger partial charge in [-0.1, -0.05) is 18.2 Å². The summed E-state index contributed by atoms with van der Waals surface area (Å²) in [5.41, 5.74) is 0.815. The van der Waals surface area contributed by atoms with Crippen molar-refractivity contribution in [3.8, 4) is 11.5 Å². The van der Waals surface area contributed by atoms with E-state index in [0.29, 0.717) is 11.8 Å². The predicted octanol–water partition coefficient (Wildman–Crippen LogP) is 1.65. The van der Waals surface area contributed by atoms with E-state index in [1.165, 1.54) is 0 Å². The molecule has 3 rings (SSSR count). The van der Waals surface area contributed by atoms with E-state index < -0.39 is 12.0 Å². The van der Waals surface area contributed by atoms with Crippen molar-refractivity contribution in [3.05, 3.63) is 36.2 Å². The molecular formula is C16H17N3O4. The first kappa shape index (κ1) is 15.2. The molecule has 0 saturated heterocycles. The molecule has 23 heavy (non-hydrogen) atoms. The van der Waals surface area contributed by atoms with Crippen LogP contribution >= 0.6 is 0 Å². The van der Waals surface area contributed by atoms with Crippen LogP contribution in [0.1, 0.15) is 25.2 Å². The summed E-state index contributed by atoms with van der Waals surface area (Å²) >= 11 is 0. The molecule has 7 nitrogen and oxygen atoms in total. The van der Waals surface area contributed by atoms with Crippen molar-refractivity contribution in [3.63, 3.8) is 0 Å². The molecule has 1 aromatic carbocycles. The van der Waals surface area contributed by atoms with Crippen LogP contribution in [0.2, 0.25) is 0 Å². The van der Waals surface area contributed by atoms with Gasteiger partial charge in [0.15, 0.2) is 0 Å². The Morgan fingerprint density at radius 2 is 2.00 bits per heavy atom. The maximum atomic E-state index is 11.9. The lowest BCUT2D eigenvalue weighted by atomic mass is 10.1. The molecule has 0 aliphatic heterocycles. The van der Waals surface area contributed by atoms with E-state index in [4.69, 9.17) is 9.52 Å². The topological polar surface area (TPSA) is 105 Å². The number of benzene rings is 1. The van der Waals surface area contributed by atoms with Gasteiger partial charge in [0, 0.05) is 18.4 Å². The first-order chi connectivity index (χ1) is 11.1. The Kier molecular flexibility index (Phi) is 4.36. The number of hydrogen-bond acceptors (Lipinski definition) is 5. The number of nitrogens with zero attached hydrogens (tertiary/aromatic N) is 2. The van der Waals surface area contributed by atoms with E-state index in [9.17, 15) is 9.59 Å². The third-order valence-corrected chi connectivity index (χ3v) is 3.73. The molecule has 1 fully saturated rings. The zero-order chi connectivity index (χ0) is 16.2. The highest BCUT2D eigenvalue weighted by Gasteiger charge is 2.37. The van der Waals surface area contributed by atoms with Gasteiger partial charge in [0.25, 0.3) is 0 Å². The third kappa shape index (κ3) is 3.94. The van der Waals surface area contributed by atoms with Crippen molar-refractivity contribution in [1.82, 2.24) is 15.5 Å². The quantitative estimate of drug-likeness (QED) is 0.805. The number of aliphatic carboxylic acids is 1. The van der Waals surface area contributed by atoms with Crippen LogP contribution in [0.15, 0.2) is 34.7 Å². The van der Waals surface area contributed by atoms with Crippen molar-refractivity contribution >= 4 is 11.9 Å². The van der Waals surface area contributed by atoms with Gasteiger partial charge in [0.1, 0.15) is 6.04 Å². The predicted molar refractivity (Wildman–Crippen MR) is 80.3 cm³/mol. The number of hydrogen-bond donors (Lipinski definition) is 2. The smallest absolute Gasteiger partial charge is 0.326 e. The summed E-state index contributed by atoms with van der Waals surface area (Å²) in [6.45, 7) is 0. The highest BCUT2D eigenvalue weighted by Crippen LogP contribution is 2.32. The van der Waals surface area contributed by atoms with Gasteiger partial charge >= 0.3 is 5.97 Å². The van der Waals surface area contributed by atoms with E-state index in [1.54, 1.807) is 0 Å². The van der Waals surface area contributed by atoms with Crippen molar-refractivity contribution in [2.45, 2.75) is 31.7 Å². The lowest BCUT2D eigenvalue weighted by molar-refractivity contribution is -0.142. The zero-order valence-corrected chi connectivity index (χ0v) is 12.4. The van der Waals surface area contributed by atoms with Crippen LogP contribution in [-0.4, -0.2) is 33.2 Å². The fourth-order valence-corrected chi connectivity index (χ4v) is 2.33. The Morgan fingerprint density at radius 3 is 2.65 bits per heavy atom. The normalized spacial score (nSPS) is 15.1. The van der Waals surface area contributed by atoms with E-state index in [2.05, 4.69) is 15.5 Å². The summed E-state index contributed by atoms with van der Waals surface area (Å²) in [6.07, 6.45) is 2.10. The highest BCUT2D eigenvalue weighted by molar-refractivity contribution is 5.84. The molecule has 0 spiro atoms. The molecule has 7 heteroatoms. The van der Waals surface area contributed by atoms with Gasteiger partial charge in [0.2, 0.25) is 17.7 Å². The number of aromatic nitrogens is 2. The molecule has 1 unspecified atom stereocenters. The minimum absolute atomic E-state index is 0.0598. The second-order valence-corrected chi connectivity index (χ2v) is 5.59.